The standard InChI is InChI=1S/C64H123N13O15/c1-5-7-9-11-13-15-17-19-21-31-54(78)71-36-39-87-42-45-90-49-57(81)70-34-26-24-29-52(75-58(82)50-92-47-44-88-40-37-72-55(79)32-22-20-18-16-14-12-10-8-6-2)60(84)73-38-41-89-43-46-91-48-56(80)69-33-25-23-28-51(59(65)83)76-61(85)53(30-27-35-74-63(66)67)77-62(86)64(3,4)68/h51-53H,5-50,68H2,1-4H3,(H2,65,83)(H,69,80)(H,70,81)(H,71,78)(H,72,79)(H,73,84)(H,75,82)(H,76,85)(H,77,86)(H4,66,67,74)/t51?,52?,53-/m0/s1. The van der Waals surface area contributed by atoms with Crippen LogP contribution >= 0.6 is 0 Å². The number of amides is 9. The molecule has 0 bridgehead atoms. The minimum Gasteiger partial charge on any atom is -0.377 e. The van der Waals surface area contributed by atoms with E-state index in [1.165, 1.54) is 97.3 Å². The third-order valence-corrected chi connectivity index (χ3v) is 14.5. The fraction of sp³-hybridized carbons (Fsp3) is 0.844. The van der Waals surface area contributed by atoms with Gasteiger partial charge in [0.05, 0.1) is 65.0 Å². The second-order valence-electron chi connectivity index (χ2n) is 23.6. The molecule has 0 aliphatic heterocycles. The molecule has 0 aromatic heterocycles. The minimum absolute atomic E-state index is 0.000265. The van der Waals surface area contributed by atoms with Crippen molar-refractivity contribution in [3.63, 3.8) is 0 Å². The average Bonchev–Trinajstić information content (AvgIpc) is 1.20. The van der Waals surface area contributed by atoms with Crippen molar-refractivity contribution in [1.29, 1.82) is 5.41 Å². The first-order valence-corrected chi connectivity index (χ1v) is 34.2. The summed E-state index contributed by atoms with van der Waals surface area (Å²) >= 11 is 0. The molecule has 9 amide bonds. The number of carbonyl (C=O) groups excluding carboxylic acids is 9. The minimum atomic E-state index is -1.27. The third kappa shape index (κ3) is 55.8. The molecule has 0 aromatic rings. The fourth-order valence-corrected chi connectivity index (χ4v) is 9.13. The second kappa shape index (κ2) is 60.2. The maximum absolute atomic E-state index is 13.3. The van der Waals surface area contributed by atoms with Crippen molar-refractivity contribution in [2.24, 2.45) is 17.2 Å². The number of unbranched alkanes of at least 4 members (excludes halogenated alkanes) is 18. The first kappa shape index (κ1) is 86.2. The van der Waals surface area contributed by atoms with E-state index in [0.29, 0.717) is 77.8 Å². The maximum Gasteiger partial charge on any atom is 0.246 e. The highest BCUT2D eigenvalue weighted by molar-refractivity contribution is 5.93. The zero-order valence-corrected chi connectivity index (χ0v) is 56.6. The number of nitrogens with one attached hydrogen (secondary N) is 10. The Morgan fingerprint density at radius 1 is 0.359 bits per heavy atom. The van der Waals surface area contributed by atoms with Crippen molar-refractivity contribution < 1.29 is 71.6 Å². The summed E-state index contributed by atoms with van der Waals surface area (Å²) in [5.74, 6) is -3.83. The van der Waals surface area contributed by atoms with Crippen LogP contribution in [-0.4, -0.2) is 201 Å². The largest absolute Gasteiger partial charge is 0.377 e. The summed E-state index contributed by atoms with van der Waals surface area (Å²) < 4.78 is 33.0. The van der Waals surface area contributed by atoms with Crippen molar-refractivity contribution in [3.8, 4) is 0 Å². The molecule has 0 aromatic carbocycles. The number of guanidine groups is 1. The Kier molecular flexibility index (Phi) is 56.4. The van der Waals surface area contributed by atoms with Crippen LogP contribution in [0.4, 0.5) is 0 Å². The van der Waals surface area contributed by atoms with Gasteiger partial charge in [-0.15, -0.1) is 0 Å². The topological polar surface area (TPSA) is 419 Å². The van der Waals surface area contributed by atoms with E-state index in [-0.39, 0.29) is 135 Å². The molecule has 2 unspecified atom stereocenters. The number of hydrogen-bond donors (Lipinski definition) is 13. The van der Waals surface area contributed by atoms with Crippen LogP contribution < -0.4 is 65.1 Å². The predicted octanol–water partition coefficient (Wildman–Crippen LogP) is 2.79. The van der Waals surface area contributed by atoms with Crippen molar-refractivity contribution >= 4 is 59.1 Å². The van der Waals surface area contributed by atoms with Crippen LogP contribution in [0.1, 0.15) is 207 Å². The molecule has 0 saturated heterocycles. The lowest BCUT2D eigenvalue weighted by Crippen LogP contribution is -2.58. The van der Waals surface area contributed by atoms with Gasteiger partial charge >= 0.3 is 0 Å². The van der Waals surface area contributed by atoms with Gasteiger partial charge in [-0.25, -0.2) is 0 Å². The van der Waals surface area contributed by atoms with Gasteiger partial charge in [-0.3, -0.25) is 48.6 Å². The zero-order valence-electron chi connectivity index (χ0n) is 56.6. The number of carbonyl (C=O) groups is 9. The van der Waals surface area contributed by atoms with Crippen molar-refractivity contribution in [2.45, 2.75) is 231 Å². The van der Waals surface area contributed by atoms with Crippen LogP contribution in [0.2, 0.25) is 0 Å². The van der Waals surface area contributed by atoms with Crippen LogP contribution in [0.5, 0.6) is 0 Å². The smallest absolute Gasteiger partial charge is 0.246 e. The SMILES string of the molecule is CCCCCCCCCCCC(=O)NCCOCCOCC(=O)NCCCCC(NC(=O)COCCOCCNC(=O)CCCCCCCCCCC)C(=O)NCCOCCOCC(=O)NCCCCC(NC(=O)[C@H](CCCNC(=N)N)NC(=O)C(C)(C)N)C(N)=O. The summed E-state index contributed by atoms with van der Waals surface area (Å²) in [6.45, 7) is 10.2. The first-order valence-electron chi connectivity index (χ1n) is 34.2. The summed E-state index contributed by atoms with van der Waals surface area (Å²) in [4.78, 5) is 113. The van der Waals surface area contributed by atoms with Gasteiger partial charge < -0.3 is 93.5 Å². The monoisotopic (exact) mass is 1310 g/mol. The highest BCUT2D eigenvalue weighted by Gasteiger charge is 2.30. The molecule has 0 aliphatic rings. The normalized spacial score (nSPS) is 12.2. The summed E-state index contributed by atoms with van der Waals surface area (Å²) in [6, 6.07) is -2.99. The van der Waals surface area contributed by atoms with E-state index in [1.807, 2.05) is 0 Å². The summed E-state index contributed by atoms with van der Waals surface area (Å²) in [5.41, 5.74) is 15.5. The van der Waals surface area contributed by atoms with Gasteiger partial charge in [0.1, 0.15) is 37.9 Å². The molecule has 28 heteroatoms. The van der Waals surface area contributed by atoms with E-state index in [4.69, 9.17) is 51.0 Å². The van der Waals surface area contributed by atoms with Crippen LogP contribution in [0.3, 0.4) is 0 Å². The molecular formula is C64H123N13O15. The number of primary amides is 1. The molecule has 92 heavy (non-hydrogen) atoms. The number of nitrogens with two attached hydrogens (primary N) is 3. The molecule has 0 fully saturated rings. The predicted molar refractivity (Wildman–Crippen MR) is 354 cm³/mol. The number of rotatable bonds is 65. The molecule has 16 N–H and O–H groups in total. The van der Waals surface area contributed by atoms with E-state index in [0.717, 1.165) is 32.1 Å². The molecule has 0 saturated carbocycles. The van der Waals surface area contributed by atoms with E-state index in [1.54, 1.807) is 0 Å². The fourth-order valence-electron chi connectivity index (χ4n) is 9.13. The van der Waals surface area contributed by atoms with E-state index >= 15 is 0 Å². The van der Waals surface area contributed by atoms with E-state index < -0.39 is 53.2 Å². The Hall–Kier alpha value is -5.78. The van der Waals surface area contributed by atoms with E-state index in [9.17, 15) is 43.2 Å². The van der Waals surface area contributed by atoms with Gasteiger partial charge in [-0.05, 0) is 78.1 Å². The van der Waals surface area contributed by atoms with Gasteiger partial charge in [0.25, 0.3) is 0 Å². The van der Waals surface area contributed by atoms with E-state index in [2.05, 4.69) is 61.7 Å². The molecule has 0 rings (SSSR count). The number of ether oxygens (including phenoxy) is 6. The van der Waals surface area contributed by atoms with Crippen LogP contribution in [0.25, 0.3) is 0 Å². The Balaban J connectivity index is 4.76. The van der Waals surface area contributed by atoms with Crippen molar-refractivity contribution in [3.05, 3.63) is 0 Å². The summed E-state index contributed by atoms with van der Waals surface area (Å²) in [5, 5.41) is 31.9. The third-order valence-electron chi connectivity index (χ3n) is 14.5. The molecule has 0 spiro atoms. The molecule has 0 heterocycles. The Labute approximate surface area is 549 Å². The zero-order chi connectivity index (χ0) is 68.1. The quantitative estimate of drug-likeness (QED) is 0.0236. The Morgan fingerprint density at radius 3 is 1.14 bits per heavy atom. The molecule has 0 radical (unpaired) electrons. The molecule has 28 nitrogen and oxygen atoms in total. The molecule has 3 atom stereocenters. The van der Waals surface area contributed by atoms with Gasteiger partial charge in [0.15, 0.2) is 5.96 Å². The lowest BCUT2D eigenvalue weighted by atomic mass is 10.0. The Morgan fingerprint density at radius 2 is 0.717 bits per heavy atom. The highest BCUT2D eigenvalue weighted by Crippen LogP contribution is 2.13. The number of hydrogen-bond acceptors (Lipinski definition) is 17. The van der Waals surface area contributed by atoms with Crippen LogP contribution in [-0.2, 0) is 71.6 Å². The average molecular weight is 1310 g/mol. The molecule has 0 aliphatic carbocycles. The Bertz CT molecular complexity index is 1990. The summed E-state index contributed by atoms with van der Waals surface area (Å²) in [6.07, 6.45) is 25.3. The second-order valence-corrected chi connectivity index (χ2v) is 23.6. The van der Waals surface area contributed by atoms with Crippen LogP contribution in [0.15, 0.2) is 0 Å². The molecule has 534 valence electrons. The van der Waals surface area contributed by atoms with Gasteiger partial charge in [-0.1, -0.05) is 117 Å². The van der Waals surface area contributed by atoms with Gasteiger partial charge in [-0.2, -0.15) is 0 Å². The maximum atomic E-state index is 13.3. The lowest BCUT2D eigenvalue weighted by molar-refractivity contribution is -0.133. The molecular weight excluding hydrogens is 1190 g/mol. The van der Waals surface area contributed by atoms with Crippen molar-refractivity contribution in [1.82, 2.24) is 47.9 Å². The van der Waals surface area contributed by atoms with Crippen molar-refractivity contribution in [2.75, 3.05) is 119 Å². The summed E-state index contributed by atoms with van der Waals surface area (Å²) in [7, 11) is 0. The van der Waals surface area contributed by atoms with Gasteiger partial charge in [0, 0.05) is 52.1 Å². The van der Waals surface area contributed by atoms with Crippen LogP contribution in [0, 0.1) is 5.41 Å². The van der Waals surface area contributed by atoms with Gasteiger partial charge in [0.2, 0.25) is 53.2 Å². The first-order chi connectivity index (χ1) is 44.3. The highest BCUT2D eigenvalue weighted by atomic mass is 16.5. The lowest BCUT2D eigenvalue weighted by Gasteiger charge is -2.25.